The number of aryl methyl sites for hydroxylation is 2. The average molecular weight is 462 g/mol. The summed E-state index contributed by atoms with van der Waals surface area (Å²) in [6, 6.07) is 3.67. The third kappa shape index (κ3) is 3.59. The first-order valence-corrected chi connectivity index (χ1v) is 10.8. The second-order valence-electron chi connectivity index (χ2n) is 8.31. The van der Waals surface area contributed by atoms with Crippen molar-refractivity contribution >= 4 is 23.2 Å². The van der Waals surface area contributed by atoms with E-state index < -0.39 is 12.0 Å². The monoisotopic (exact) mass is 461 g/mol. The quantitative estimate of drug-likeness (QED) is 0.645. The number of benzene rings is 1. The molecule has 1 amide bonds. The van der Waals surface area contributed by atoms with Gasteiger partial charge in [-0.05, 0) is 32.4 Å². The second kappa shape index (κ2) is 7.97. The fourth-order valence-corrected chi connectivity index (χ4v) is 4.43. The molecule has 2 aliphatic heterocycles. The normalized spacial score (nSPS) is 20.2. The molecule has 4 heterocycles. The molecule has 1 saturated heterocycles. The Kier molecular flexibility index (Phi) is 5.25. The minimum absolute atomic E-state index is 0.148. The molecule has 2 aromatic heterocycles. The number of aromatic nitrogens is 3. The first-order valence-electron chi connectivity index (χ1n) is 10.4. The Hall–Kier alpha value is -2.78. The topological polar surface area (TPSA) is 71.8 Å². The molecule has 1 aromatic carbocycles. The molecule has 7 nitrogen and oxygen atoms in total. The highest BCUT2D eigenvalue weighted by Crippen LogP contribution is 2.31. The highest BCUT2D eigenvalue weighted by molar-refractivity contribution is 6.31. The van der Waals surface area contributed by atoms with Crippen molar-refractivity contribution in [3.05, 3.63) is 57.2 Å². The number of fused-ring (bicyclic) bond motifs is 3. The lowest BCUT2D eigenvalue weighted by atomic mass is 10.1. The molecule has 10 heteroatoms. The van der Waals surface area contributed by atoms with E-state index in [1.807, 2.05) is 13.8 Å². The minimum atomic E-state index is -0.921. The number of amides is 1. The van der Waals surface area contributed by atoms with Gasteiger partial charge in [0.25, 0.3) is 5.91 Å². The number of carbonyl (C=O) groups is 1. The summed E-state index contributed by atoms with van der Waals surface area (Å²) < 4.78 is 34.7. The zero-order chi connectivity index (χ0) is 22.6. The van der Waals surface area contributed by atoms with Gasteiger partial charge in [0.15, 0.2) is 5.65 Å². The second-order valence-corrected chi connectivity index (χ2v) is 8.69. The SMILES string of the molecule is Cc1nc2c3c(nn2c(C)c1Cl)CN(C(=O)c1ccc(F)cc1OCC1CC(F)CN1)C3. The van der Waals surface area contributed by atoms with Crippen LogP contribution >= 0.6 is 11.6 Å². The molecule has 2 atom stereocenters. The van der Waals surface area contributed by atoms with Crippen molar-refractivity contribution in [2.75, 3.05) is 13.2 Å². The van der Waals surface area contributed by atoms with Crippen LogP contribution in [0.15, 0.2) is 18.2 Å². The summed E-state index contributed by atoms with van der Waals surface area (Å²) in [4.78, 5) is 19.5. The lowest BCUT2D eigenvalue weighted by Crippen LogP contribution is -2.30. The minimum Gasteiger partial charge on any atom is -0.491 e. The molecule has 1 fully saturated rings. The van der Waals surface area contributed by atoms with E-state index in [-0.39, 0.29) is 36.4 Å². The number of nitrogens with zero attached hydrogens (tertiary/aromatic N) is 4. The Balaban J connectivity index is 1.38. The smallest absolute Gasteiger partial charge is 0.258 e. The zero-order valence-electron chi connectivity index (χ0n) is 17.7. The molecule has 0 saturated carbocycles. The predicted molar refractivity (Wildman–Crippen MR) is 114 cm³/mol. The van der Waals surface area contributed by atoms with Crippen molar-refractivity contribution in [1.82, 2.24) is 24.8 Å². The van der Waals surface area contributed by atoms with Crippen LogP contribution in [-0.4, -0.2) is 50.8 Å². The first kappa shape index (κ1) is 21.1. The third-order valence-electron chi connectivity index (χ3n) is 6.03. The van der Waals surface area contributed by atoms with Crippen molar-refractivity contribution in [3.63, 3.8) is 0 Å². The summed E-state index contributed by atoms with van der Waals surface area (Å²) in [6.07, 6.45) is -0.592. The Bertz CT molecular complexity index is 1230. The van der Waals surface area contributed by atoms with Crippen LogP contribution in [0.4, 0.5) is 8.78 Å². The summed E-state index contributed by atoms with van der Waals surface area (Å²) in [5.41, 5.74) is 4.06. The molecule has 0 aliphatic carbocycles. The molecule has 2 aliphatic rings. The van der Waals surface area contributed by atoms with E-state index in [1.165, 1.54) is 18.2 Å². The zero-order valence-corrected chi connectivity index (χ0v) is 18.4. The molecule has 0 radical (unpaired) electrons. The molecule has 0 bridgehead atoms. The first-order chi connectivity index (χ1) is 15.3. The summed E-state index contributed by atoms with van der Waals surface area (Å²) >= 11 is 6.30. The third-order valence-corrected chi connectivity index (χ3v) is 6.57. The Morgan fingerprint density at radius 3 is 2.91 bits per heavy atom. The van der Waals surface area contributed by atoms with Crippen molar-refractivity contribution in [2.45, 2.75) is 45.6 Å². The molecule has 32 heavy (non-hydrogen) atoms. The molecular formula is C22H22ClF2N5O2. The van der Waals surface area contributed by atoms with E-state index in [2.05, 4.69) is 15.4 Å². The fourth-order valence-electron chi connectivity index (χ4n) is 4.31. The van der Waals surface area contributed by atoms with Gasteiger partial charge < -0.3 is 15.0 Å². The van der Waals surface area contributed by atoms with Gasteiger partial charge in [0.05, 0.1) is 40.8 Å². The van der Waals surface area contributed by atoms with Crippen LogP contribution in [0.3, 0.4) is 0 Å². The number of halogens is 3. The maximum absolute atomic E-state index is 13.9. The van der Waals surface area contributed by atoms with Gasteiger partial charge in [-0.1, -0.05) is 11.6 Å². The lowest BCUT2D eigenvalue weighted by molar-refractivity contribution is 0.0744. The van der Waals surface area contributed by atoms with Crippen molar-refractivity contribution in [3.8, 4) is 5.75 Å². The Morgan fingerprint density at radius 2 is 2.16 bits per heavy atom. The van der Waals surface area contributed by atoms with Crippen LogP contribution in [0.1, 0.15) is 39.4 Å². The van der Waals surface area contributed by atoms with Crippen molar-refractivity contribution < 1.29 is 18.3 Å². The van der Waals surface area contributed by atoms with E-state index in [0.29, 0.717) is 35.9 Å². The number of hydrogen-bond donors (Lipinski definition) is 1. The van der Waals surface area contributed by atoms with Crippen LogP contribution in [0.25, 0.3) is 5.65 Å². The van der Waals surface area contributed by atoms with Crippen LogP contribution in [-0.2, 0) is 13.1 Å². The van der Waals surface area contributed by atoms with Crippen LogP contribution < -0.4 is 10.1 Å². The van der Waals surface area contributed by atoms with Gasteiger partial charge in [0.2, 0.25) is 0 Å². The van der Waals surface area contributed by atoms with Gasteiger partial charge in [-0.25, -0.2) is 18.3 Å². The van der Waals surface area contributed by atoms with Crippen molar-refractivity contribution in [1.29, 1.82) is 0 Å². The highest BCUT2D eigenvalue weighted by Gasteiger charge is 2.32. The number of alkyl halides is 1. The molecule has 2 unspecified atom stereocenters. The maximum atomic E-state index is 13.9. The summed E-state index contributed by atoms with van der Waals surface area (Å²) in [5.74, 6) is -0.649. The number of hydrogen-bond acceptors (Lipinski definition) is 5. The number of rotatable bonds is 4. The number of ether oxygens (including phenoxy) is 1. The van der Waals surface area contributed by atoms with E-state index in [1.54, 1.807) is 9.42 Å². The lowest BCUT2D eigenvalue weighted by Gasteiger charge is -2.19. The molecule has 168 valence electrons. The fraction of sp³-hybridized carbons (Fsp3) is 0.409. The van der Waals surface area contributed by atoms with Gasteiger partial charge >= 0.3 is 0 Å². The predicted octanol–water partition coefficient (Wildman–Crippen LogP) is 3.37. The largest absolute Gasteiger partial charge is 0.491 e. The highest BCUT2D eigenvalue weighted by atomic mass is 35.5. The van der Waals surface area contributed by atoms with Crippen LogP contribution in [0, 0.1) is 19.7 Å². The Morgan fingerprint density at radius 1 is 1.34 bits per heavy atom. The van der Waals surface area contributed by atoms with Gasteiger partial charge in [0, 0.05) is 24.2 Å². The van der Waals surface area contributed by atoms with Crippen LogP contribution in [0.5, 0.6) is 5.75 Å². The van der Waals surface area contributed by atoms with Crippen LogP contribution in [0.2, 0.25) is 5.02 Å². The molecule has 1 N–H and O–H groups in total. The van der Waals surface area contributed by atoms with E-state index in [4.69, 9.17) is 16.3 Å². The average Bonchev–Trinajstić information content (AvgIpc) is 3.45. The van der Waals surface area contributed by atoms with Gasteiger partial charge in [-0.3, -0.25) is 4.79 Å². The van der Waals surface area contributed by atoms with Gasteiger partial charge in [-0.2, -0.15) is 5.10 Å². The number of nitrogens with one attached hydrogen (secondary N) is 1. The molecule has 0 spiro atoms. The van der Waals surface area contributed by atoms with Gasteiger partial charge in [0.1, 0.15) is 24.3 Å². The van der Waals surface area contributed by atoms with Crippen molar-refractivity contribution in [2.24, 2.45) is 0 Å². The molecular weight excluding hydrogens is 440 g/mol. The molecule has 5 rings (SSSR count). The number of carbonyl (C=O) groups excluding carboxylic acids is 1. The molecule has 3 aromatic rings. The van der Waals surface area contributed by atoms with E-state index in [0.717, 1.165) is 17.0 Å². The summed E-state index contributed by atoms with van der Waals surface area (Å²) in [5, 5.41) is 8.18. The van der Waals surface area contributed by atoms with E-state index >= 15 is 0 Å². The van der Waals surface area contributed by atoms with Gasteiger partial charge in [-0.15, -0.1) is 0 Å². The summed E-state index contributed by atoms with van der Waals surface area (Å²) in [7, 11) is 0. The Labute approximate surface area is 188 Å². The van der Waals surface area contributed by atoms with E-state index in [9.17, 15) is 13.6 Å². The maximum Gasteiger partial charge on any atom is 0.258 e. The standard InChI is InChI=1S/C22H22ClF2N5O2/c1-11-20(23)12(2)30-21(27-11)17-8-29(9-18(17)28-30)22(31)16-4-3-13(24)6-19(16)32-10-15-5-14(25)7-26-15/h3-4,6,14-15,26H,5,7-10H2,1-2H3. The summed E-state index contributed by atoms with van der Waals surface area (Å²) in [6.45, 7) is 4.77.